The number of hydrogen-bond donors (Lipinski definition) is 0. The molecule has 7 heteroatoms. The van der Waals surface area contributed by atoms with E-state index < -0.39 is 5.25 Å². The Bertz CT molecular complexity index is 762. The molecule has 2 amide bonds. The topological polar surface area (TPSA) is 37.4 Å². The first kappa shape index (κ1) is 16.8. The van der Waals surface area contributed by atoms with Crippen molar-refractivity contribution in [2.45, 2.75) is 16.6 Å². The Morgan fingerprint density at radius 1 is 1.04 bits per heavy atom. The van der Waals surface area contributed by atoms with E-state index >= 15 is 0 Å². The molecule has 2 aromatic rings. The Kier molecular flexibility index (Phi) is 5.01. The molecule has 0 aromatic heterocycles. The van der Waals surface area contributed by atoms with E-state index in [1.807, 2.05) is 24.3 Å². The normalized spacial score (nSPS) is 17.9. The van der Waals surface area contributed by atoms with E-state index in [9.17, 15) is 9.59 Å². The standard InChI is InChI=1S/C16H10BrCl2NO2S/c17-9-1-3-13(4-2-9)23-14-8-15(21)20(16(14)22)12-6-10(18)5-11(19)7-12/h1-7,14H,8H2/t14-/m1/s1. The van der Waals surface area contributed by atoms with E-state index in [2.05, 4.69) is 15.9 Å². The minimum absolute atomic E-state index is 0.156. The number of anilines is 1. The molecule has 0 spiro atoms. The minimum atomic E-state index is -0.443. The van der Waals surface area contributed by atoms with Gasteiger partial charge in [-0.1, -0.05) is 39.1 Å². The van der Waals surface area contributed by atoms with Crippen LogP contribution < -0.4 is 4.90 Å². The van der Waals surface area contributed by atoms with Crippen molar-refractivity contribution in [3.05, 3.63) is 57.0 Å². The van der Waals surface area contributed by atoms with Gasteiger partial charge in [0.15, 0.2) is 0 Å². The van der Waals surface area contributed by atoms with Crippen LogP contribution in [-0.4, -0.2) is 17.1 Å². The van der Waals surface area contributed by atoms with Gasteiger partial charge in [-0.25, -0.2) is 4.90 Å². The smallest absolute Gasteiger partial charge is 0.247 e. The summed E-state index contributed by atoms with van der Waals surface area (Å²) in [5.41, 5.74) is 0.413. The largest absolute Gasteiger partial charge is 0.274 e. The highest BCUT2D eigenvalue weighted by molar-refractivity contribution is 9.10. The fourth-order valence-electron chi connectivity index (χ4n) is 2.31. The molecule has 1 fully saturated rings. The zero-order chi connectivity index (χ0) is 16.6. The van der Waals surface area contributed by atoms with E-state index in [0.717, 1.165) is 14.3 Å². The number of amides is 2. The van der Waals surface area contributed by atoms with Gasteiger partial charge < -0.3 is 0 Å². The van der Waals surface area contributed by atoms with Crippen LogP contribution in [0.4, 0.5) is 5.69 Å². The highest BCUT2D eigenvalue weighted by Crippen LogP contribution is 2.36. The fraction of sp³-hybridized carbons (Fsp3) is 0.125. The number of rotatable bonds is 3. The number of carbonyl (C=O) groups excluding carboxylic acids is 2. The average Bonchev–Trinajstić information content (AvgIpc) is 2.75. The van der Waals surface area contributed by atoms with Crippen LogP contribution >= 0.6 is 50.9 Å². The summed E-state index contributed by atoms with van der Waals surface area (Å²) in [7, 11) is 0. The third kappa shape index (κ3) is 3.74. The molecule has 1 saturated heterocycles. The van der Waals surface area contributed by atoms with Crippen LogP contribution in [-0.2, 0) is 9.59 Å². The number of thioether (sulfide) groups is 1. The van der Waals surface area contributed by atoms with E-state index in [-0.39, 0.29) is 18.2 Å². The molecule has 0 unspecified atom stereocenters. The van der Waals surface area contributed by atoms with Crippen LogP contribution in [0, 0.1) is 0 Å². The second-order valence-corrected chi connectivity index (χ2v) is 8.02. The summed E-state index contributed by atoms with van der Waals surface area (Å²) in [6.07, 6.45) is 0.156. The van der Waals surface area contributed by atoms with Crippen LogP contribution in [0.2, 0.25) is 10.0 Å². The summed E-state index contributed by atoms with van der Waals surface area (Å²) < 4.78 is 0.964. The predicted molar refractivity (Wildman–Crippen MR) is 97.4 cm³/mol. The Labute approximate surface area is 156 Å². The summed E-state index contributed by atoms with van der Waals surface area (Å²) >= 11 is 16.7. The van der Waals surface area contributed by atoms with Crippen molar-refractivity contribution in [3.63, 3.8) is 0 Å². The van der Waals surface area contributed by atoms with Gasteiger partial charge in [-0.3, -0.25) is 9.59 Å². The molecule has 2 aromatic carbocycles. The molecule has 0 bridgehead atoms. The highest BCUT2D eigenvalue weighted by Gasteiger charge is 2.40. The lowest BCUT2D eigenvalue weighted by atomic mass is 10.3. The number of halogens is 3. The molecule has 118 valence electrons. The summed E-state index contributed by atoms with van der Waals surface area (Å²) in [6.45, 7) is 0. The molecule has 0 aliphatic carbocycles. The number of benzene rings is 2. The van der Waals surface area contributed by atoms with Gasteiger partial charge in [0.1, 0.15) is 0 Å². The Hall–Kier alpha value is -1.01. The van der Waals surface area contributed by atoms with Gasteiger partial charge in [-0.05, 0) is 42.5 Å². The van der Waals surface area contributed by atoms with Gasteiger partial charge in [0.05, 0.1) is 10.9 Å². The summed E-state index contributed by atoms with van der Waals surface area (Å²) in [5, 5.41) is 0.329. The van der Waals surface area contributed by atoms with Gasteiger partial charge >= 0.3 is 0 Å². The Morgan fingerprint density at radius 3 is 2.26 bits per heavy atom. The van der Waals surface area contributed by atoms with Crippen molar-refractivity contribution in [1.82, 2.24) is 0 Å². The quantitative estimate of drug-likeness (QED) is 0.629. The molecule has 1 aliphatic heterocycles. The zero-order valence-corrected chi connectivity index (χ0v) is 15.5. The number of carbonyl (C=O) groups is 2. The SMILES string of the molecule is O=C1C[C@@H](Sc2ccc(Br)cc2)C(=O)N1c1cc(Cl)cc(Cl)c1. The lowest BCUT2D eigenvalue weighted by Crippen LogP contribution is -2.31. The first-order chi connectivity index (χ1) is 10.9. The molecule has 1 atom stereocenters. The van der Waals surface area contributed by atoms with Crippen molar-refractivity contribution in [2.75, 3.05) is 4.90 Å². The fourth-order valence-corrected chi connectivity index (χ4v) is 4.15. The molecule has 0 N–H and O–H groups in total. The molecule has 1 heterocycles. The predicted octanol–water partition coefficient (Wildman–Crippen LogP) is 5.18. The van der Waals surface area contributed by atoms with Crippen LogP contribution in [0.5, 0.6) is 0 Å². The Balaban J connectivity index is 1.83. The molecular weight excluding hydrogens is 421 g/mol. The maximum absolute atomic E-state index is 12.6. The second kappa shape index (κ2) is 6.85. The van der Waals surface area contributed by atoms with Crippen molar-refractivity contribution >= 4 is 68.4 Å². The van der Waals surface area contributed by atoms with Gasteiger partial charge in [0.25, 0.3) is 0 Å². The van der Waals surface area contributed by atoms with Crippen LogP contribution in [0.3, 0.4) is 0 Å². The summed E-state index contributed by atoms with van der Waals surface area (Å²) in [6, 6.07) is 12.3. The van der Waals surface area contributed by atoms with Crippen molar-refractivity contribution < 1.29 is 9.59 Å². The molecule has 1 aliphatic rings. The van der Waals surface area contributed by atoms with Crippen LogP contribution in [0.15, 0.2) is 51.8 Å². The van der Waals surface area contributed by atoms with Crippen LogP contribution in [0.25, 0.3) is 0 Å². The third-order valence-corrected chi connectivity index (χ3v) is 5.46. The molecule has 3 rings (SSSR count). The lowest BCUT2D eigenvalue weighted by molar-refractivity contribution is -0.121. The second-order valence-electron chi connectivity index (χ2n) is 4.96. The number of hydrogen-bond acceptors (Lipinski definition) is 3. The average molecular weight is 431 g/mol. The minimum Gasteiger partial charge on any atom is -0.274 e. The number of nitrogens with zero attached hydrogens (tertiary/aromatic N) is 1. The van der Waals surface area contributed by atoms with Crippen molar-refractivity contribution in [3.8, 4) is 0 Å². The summed E-state index contributed by atoms with van der Waals surface area (Å²) in [4.78, 5) is 27.0. The van der Waals surface area contributed by atoms with Crippen molar-refractivity contribution in [1.29, 1.82) is 0 Å². The molecular formula is C16H10BrCl2NO2S. The first-order valence-electron chi connectivity index (χ1n) is 6.69. The van der Waals surface area contributed by atoms with Crippen LogP contribution in [0.1, 0.15) is 6.42 Å². The van der Waals surface area contributed by atoms with E-state index in [1.165, 1.54) is 11.8 Å². The van der Waals surface area contributed by atoms with Gasteiger partial charge in [0, 0.05) is 25.8 Å². The lowest BCUT2D eigenvalue weighted by Gasteiger charge is -2.15. The molecule has 3 nitrogen and oxygen atoms in total. The molecule has 0 radical (unpaired) electrons. The van der Waals surface area contributed by atoms with Gasteiger partial charge in [-0.2, -0.15) is 0 Å². The maximum atomic E-state index is 12.6. The highest BCUT2D eigenvalue weighted by atomic mass is 79.9. The maximum Gasteiger partial charge on any atom is 0.247 e. The number of imide groups is 1. The van der Waals surface area contributed by atoms with Crippen molar-refractivity contribution in [2.24, 2.45) is 0 Å². The zero-order valence-electron chi connectivity index (χ0n) is 11.6. The molecule has 23 heavy (non-hydrogen) atoms. The van der Waals surface area contributed by atoms with Gasteiger partial charge in [0.2, 0.25) is 11.8 Å². The molecule has 0 saturated carbocycles. The van der Waals surface area contributed by atoms with Gasteiger partial charge in [-0.15, -0.1) is 11.8 Å². The Morgan fingerprint density at radius 2 is 1.65 bits per heavy atom. The van der Waals surface area contributed by atoms with E-state index in [4.69, 9.17) is 23.2 Å². The monoisotopic (exact) mass is 429 g/mol. The summed E-state index contributed by atoms with van der Waals surface area (Å²) in [5.74, 6) is -0.496. The first-order valence-corrected chi connectivity index (χ1v) is 9.12. The van der Waals surface area contributed by atoms with E-state index in [0.29, 0.717) is 15.7 Å². The third-order valence-electron chi connectivity index (χ3n) is 3.30. The van der Waals surface area contributed by atoms with E-state index in [1.54, 1.807) is 18.2 Å².